The van der Waals surface area contributed by atoms with Crippen LogP contribution in [0.1, 0.15) is 99.8 Å². The molecule has 5 aliphatic carbocycles. The van der Waals surface area contributed by atoms with E-state index in [-0.39, 0.29) is 47.2 Å². The van der Waals surface area contributed by atoms with Gasteiger partial charge in [0, 0.05) is 10.8 Å². The second-order valence-corrected chi connectivity index (χ2v) is 23.2. The molecular formula is C47H76O19. The van der Waals surface area contributed by atoms with Gasteiger partial charge in [0.05, 0.1) is 38.1 Å². The Hall–Kier alpha value is -1.47. The predicted molar refractivity (Wildman–Crippen MR) is 227 cm³/mol. The third-order valence-corrected chi connectivity index (χ3v) is 19.4. The van der Waals surface area contributed by atoms with Crippen LogP contribution in [0.25, 0.3) is 0 Å². The van der Waals surface area contributed by atoms with Gasteiger partial charge in [-0.15, -0.1) is 0 Å². The van der Waals surface area contributed by atoms with Gasteiger partial charge in [-0.3, -0.25) is 0 Å². The lowest BCUT2D eigenvalue weighted by atomic mass is 9.33. The Morgan fingerprint density at radius 1 is 0.697 bits per heavy atom. The van der Waals surface area contributed by atoms with Crippen LogP contribution in [-0.2, 0) is 33.2 Å². The van der Waals surface area contributed by atoms with Crippen molar-refractivity contribution in [2.24, 2.45) is 50.2 Å². The molecule has 12 N–H and O–H groups in total. The average Bonchev–Trinajstić information content (AvgIpc) is 3.26. The number of aliphatic hydroxyl groups is 11. The molecule has 0 amide bonds. The fourth-order valence-corrected chi connectivity index (χ4v) is 15.0. The van der Waals surface area contributed by atoms with Gasteiger partial charge in [-0.05, 0) is 90.8 Å². The minimum Gasteiger partial charge on any atom is -0.479 e. The summed E-state index contributed by atoms with van der Waals surface area (Å²) in [6, 6.07) is 0. The van der Waals surface area contributed by atoms with Crippen molar-refractivity contribution in [2.45, 2.75) is 204 Å². The second kappa shape index (κ2) is 17.7. The van der Waals surface area contributed by atoms with Crippen molar-refractivity contribution in [2.75, 3.05) is 19.8 Å². The first-order valence-corrected chi connectivity index (χ1v) is 23.9. The van der Waals surface area contributed by atoms with Crippen molar-refractivity contribution in [1.29, 1.82) is 0 Å². The van der Waals surface area contributed by atoms with Crippen molar-refractivity contribution in [3.8, 4) is 0 Å². The van der Waals surface area contributed by atoms with Crippen LogP contribution in [-0.4, -0.2) is 191 Å². The molecule has 25 atom stereocenters. The van der Waals surface area contributed by atoms with E-state index in [1.54, 1.807) is 0 Å². The summed E-state index contributed by atoms with van der Waals surface area (Å²) in [6.45, 7) is 14.0. The summed E-state index contributed by atoms with van der Waals surface area (Å²) in [6.07, 6.45) is -17.7. The standard InChI is InChI=1S/C47H76O19/c1-42(2)16-21-20-8-9-25-44(4)12-11-26(63-41-35(31(55)30(54)34(64-41)38(59)60)65-40-33(57)29(53)28(52)23(17-48)62-40)45(5,19-49)24(44)10-13-47(25,7)46(20,6)15-14-43(21,3)36(58)37(42)66-39-32(56)27(51)22(50)18-61-39/h8,21-37,39-41,48-58H,9-19H2,1-7H3,(H,59,60). The summed E-state index contributed by atoms with van der Waals surface area (Å²) in [4.78, 5) is 12.3. The zero-order chi connectivity index (χ0) is 48.4. The SMILES string of the molecule is CC1(C)CC2C3=CCC4C5(C)CCC(OC6OC(C(=O)O)C(O)C(O)C6OC6OC(CO)C(O)C(O)C6O)C(C)(CO)C5CCC4(C)C3(C)CCC2(C)C(O)C1OC1OCC(O)C(O)C1O. The number of aliphatic hydroxyl groups excluding tert-OH is 11. The summed E-state index contributed by atoms with van der Waals surface area (Å²) < 4.78 is 35.9. The number of allylic oxidation sites excluding steroid dienone is 2. The maximum atomic E-state index is 12.4. The normalized spacial score (nSPS) is 55.9. The predicted octanol–water partition coefficient (Wildman–Crippen LogP) is -0.713. The third kappa shape index (κ3) is 7.60. The Balaban J connectivity index is 1.04. The molecule has 0 bridgehead atoms. The molecular weight excluding hydrogens is 868 g/mol. The Bertz CT molecular complexity index is 1820. The van der Waals surface area contributed by atoms with E-state index in [2.05, 4.69) is 47.6 Å². The zero-order valence-electron chi connectivity index (χ0n) is 39.1. The van der Waals surface area contributed by atoms with Crippen LogP contribution in [0, 0.1) is 50.2 Å². The van der Waals surface area contributed by atoms with Gasteiger partial charge in [0.25, 0.3) is 0 Å². The van der Waals surface area contributed by atoms with Crippen LogP contribution < -0.4 is 0 Å². The first-order chi connectivity index (χ1) is 30.7. The van der Waals surface area contributed by atoms with Gasteiger partial charge in [0.1, 0.15) is 61.0 Å². The molecule has 66 heavy (non-hydrogen) atoms. The number of ether oxygens (including phenoxy) is 6. The molecule has 0 aromatic rings. The van der Waals surface area contributed by atoms with Gasteiger partial charge in [-0.2, -0.15) is 0 Å². The van der Waals surface area contributed by atoms with Gasteiger partial charge in [0.15, 0.2) is 25.0 Å². The highest BCUT2D eigenvalue weighted by Gasteiger charge is 2.71. The average molecular weight is 945 g/mol. The summed E-state index contributed by atoms with van der Waals surface area (Å²) in [5.41, 5.74) is -1.51. The number of aliphatic carboxylic acids is 1. The maximum Gasteiger partial charge on any atom is 0.335 e. The topological polar surface area (TPSA) is 315 Å². The van der Waals surface area contributed by atoms with Crippen LogP contribution in [0.3, 0.4) is 0 Å². The van der Waals surface area contributed by atoms with E-state index in [9.17, 15) is 66.1 Å². The van der Waals surface area contributed by atoms with Crippen molar-refractivity contribution < 1.29 is 94.5 Å². The van der Waals surface area contributed by atoms with E-state index in [0.29, 0.717) is 25.7 Å². The molecule has 4 saturated carbocycles. The van der Waals surface area contributed by atoms with E-state index in [1.807, 2.05) is 6.92 Å². The van der Waals surface area contributed by atoms with Crippen molar-refractivity contribution in [3.05, 3.63) is 11.6 Å². The zero-order valence-corrected chi connectivity index (χ0v) is 39.1. The number of hydrogen-bond donors (Lipinski definition) is 12. The molecule has 3 aliphatic heterocycles. The van der Waals surface area contributed by atoms with Crippen LogP contribution in [0.4, 0.5) is 0 Å². The van der Waals surface area contributed by atoms with Gasteiger partial charge in [-0.1, -0.05) is 60.1 Å². The summed E-state index contributed by atoms with van der Waals surface area (Å²) in [5, 5.41) is 129. The Morgan fingerprint density at radius 3 is 2.03 bits per heavy atom. The minimum absolute atomic E-state index is 0.0120. The number of fused-ring (bicyclic) bond motifs is 7. The molecule has 3 saturated heterocycles. The van der Waals surface area contributed by atoms with Gasteiger partial charge < -0.3 is 89.7 Å². The van der Waals surface area contributed by atoms with E-state index < -0.39 is 133 Å². The molecule has 19 heteroatoms. The third-order valence-electron chi connectivity index (χ3n) is 19.4. The molecule has 7 fully saturated rings. The smallest absolute Gasteiger partial charge is 0.335 e. The highest BCUT2D eigenvalue weighted by Crippen LogP contribution is 2.76. The van der Waals surface area contributed by atoms with Gasteiger partial charge in [0.2, 0.25) is 0 Å². The lowest BCUT2D eigenvalue weighted by Gasteiger charge is -2.72. The summed E-state index contributed by atoms with van der Waals surface area (Å²) in [7, 11) is 0. The molecule has 0 radical (unpaired) electrons. The number of hydrogen-bond acceptors (Lipinski definition) is 18. The highest BCUT2D eigenvalue weighted by atomic mass is 16.8. The van der Waals surface area contributed by atoms with E-state index in [4.69, 9.17) is 28.4 Å². The lowest BCUT2D eigenvalue weighted by molar-refractivity contribution is -0.375. The molecule has 19 nitrogen and oxygen atoms in total. The van der Waals surface area contributed by atoms with E-state index in [0.717, 1.165) is 25.7 Å². The van der Waals surface area contributed by atoms with E-state index >= 15 is 0 Å². The van der Waals surface area contributed by atoms with Crippen LogP contribution in [0.15, 0.2) is 11.6 Å². The monoisotopic (exact) mass is 944 g/mol. The first-order valence-electron chi connectivity index (χ1n) is 23.9. The molecule has 3 heterocycles. The molecule has 0 spiro atoms. The fraction of sp³-hybridized carbons (Fsp3) is 0.936. The van der Waals surface area contributed by atoms with Crippen LogP contribution >= 0.6 is 0 Å². The van der Waals surface area contributed by atoms with Crippen LogP contribution in [0.2, 0.25) is 0 Å². The molecule has 25 unspecified atom stereocenters. The Kier molecular flexibility index (Phi) is 13.6. The first kappa shape index (κ1) is 50.9. The number of carboxylic acids is 1. The van der Waals surface area contributed by atoms with Crippen molar-refractivity contribution in [3.63, 3.8) is 0 Å². The molecule has 8 aliphatic rings. The van der Waals surface area contributed by atoms with Gasteiger partial charge in [-0.25, -0.2) is 4.79 Å². The fourth-order valence-electron chi connectivity index (χ4n) is 15.0. The quantitative estimate of drug-likeness (QED) is 0.100. The van der Waals surface area contributed by atoms with E-state index in [1.165, 1.54) is 5.57 Å². The number of carbonyl (C=O) groups is 1. The molecule has 0 aromatic heterocycles. The molecule has 0 aromatic carbocycles. The maximum absolute atomic E-state index is 12.4. The largest absolute Gasteiger partial charge is 0.479 e. The minimum atomic E-state index is -2.01. The summed E-state index contributed by atoms with van der Waals surface area (Å²) >= 11 is 0. The van der Waals surface area contributed by atoms with Crippen molar-refractivity contribution >= 4 is 5.97 Å². The molecule has 378 valence electrons. The highest BCUT2D eigenvalue weighted by molar-refractivity contribution is 5.73. The Morgan fingerprint density at radius 2 is 1.38 bits per heavy atom. The number of carboxylic acid groups (broad SMARTS) is 1. The van der Waals surface area contributed by atoms with Crippen molar-refractivity contribution in [1.82, 2.24) is 0 Å². The second-order valence-electron chi connectivity index (χ2n) is 23.2. The Labute approximate surface area is 385 Å². The lowest BCUT2D eigenvalue weighted by Crippen LogP contribution is -2.68. The van der Waals surface area contributed by atoms with Crippen LogP contribution in [0.5, 0.6) is 0 Å². The summed E-state index contributed by atoms with van der Waals surface area (Å²) in [5.74, 6) is -1.51. The molecule has 8 rings (SSSR count). The number of rotatable bonds is 9. The van der Waals surface area contributed by atoms with Gasteiger partial charge >= 0.3 is 5.97 Å².